The Kier molecular flexibility index (Phi) is 9.65. The van der Waals surface area contributed by atoms with Crippen LogP contribution in [-0.4, -0.2) is 96.7 Å². The predicted octanol–water partition coefficient (Wildman–Crippen LogP) is -1.93. The Morgan fingerprint density at radius 2 is 1.48 bits per heavy atom. The molecule has 0 aromatic rings. The highest BCUT2D eigenvalue weighted by atomic mass is 35.5. The Hall–Kier alpha value is -0.0300. The highest BCUT2D eigenvalue weighted by molar-refractivity contribution is 6.17. The molecule has 0 unspecified atom stereocenters. The maximum atomic E-state index is 9.71. The molecule has 21 heavy (non-hydrogen) atoms. The predicted molar refractivity (Wildman–Crippen MR) is 72.1 cm³/mol. The van der Waals surface area contributed by atoms with E-state index in [1.165, 1.54) is 0 Å². The fourth-order valence-corrected chi connectivity index (χ4v) is 1.91. The third-order valence-corrected chi connectivity index (χ3v) is 3.11. The van der Waals surface area contributed by atoms with Crippen molar-refractivity contribution in [3.05, 3.63) is 0 Å². The first kappa shape index (κ1) is 19.0. The van der Waals surface area contributed by atoms with Gasteiger partial charge in [-0.1, -0.05) is 0 Å². The monoisotopic (exact) mass is 330 g/mol. The van der Waals surface area contributed by atoms with E-state index in [9.17, 15) is 15.3 Å². The lowest BCUT2D eigenvalue weighted by atomic mass is 9.99. The van der Waals surface area contributed by atoms with E-state index in [0.717, 1.165) is 0 Å². The Bertz CT molecular complexity index is 268. The third kappa shape index (κ3) is 6.31. The standard InChI is InChI=1S/C12H23ClO8/c13-1-2-18-3-4-19-5-6-20-12-11(17)10(16)9(15)8(7-14)21-12/h8-12,14-17H,1-7H2/t8-,9+,10+,11-,12-/m1/s1. The van der Waals surface area contributed by atoms with Gasteiger partial charge in [0.05, 0.1) is 39.6 Å². The van der Waals surface area contributed by atoms with Crippen molar-refractivity contribution >= 4 is 11.6 Å². The van der Waals surface area contributed by atoms with E-state index < -0.39 is 37.3 Å². The van der Waals surface area contributed by atoms with Crippen molar-refractivity contribution < 1.29 is 39.4 Å². The van der Waals surface area contributed by atoms with Crippen LogP contribution in [-0.2, 0) is 18.9 Å². The highest BCUT2D eigenvalue weighted by Gasteiger charge is 2.43. The molecular formula is C12H23ClO8. The molecule has 0 aromatic carbocycles. The minimum atomic E-state index is -1.44. The van der Waals surface area contributed by atoms with E-state index in [4.69, 9.17) is 35.7 Å². The van der Waals surface area contributed by atoms with Crippen LogP contribution in [0.2, 0.25) is 0 Å². The molecule has 0 bridgehead atoms. The van der Waals surface area contributed by atoms with Gasteiger partial charge in [0.2, 0.25) is 0 Å². The molecule has 1 saturated heterocycles. The van der Waals surface area contributed by atoms with Crippen LogP contribution in [0.3, 0.4) is 0 Å². The number of aliphatic hydroxyl groups is 4. The van der Waals surface area contributed by atoms with Crippen molar-refractivity contribution in [1.82, 2.24) is 0 Å². The molecule has 0 spiro atoms. The molecule has 0 radical (unpaired) electrons. The summed E-state index contributed by atoms with van der Waals surface area (Å²) in [6.45, 7) is 1.16. The van der Waals surface area contributed by atoms with E-state index >= 15 is 0 Å². The maximum Gasteiger partial charge on any atom is 0.186 e. The first-order valence-corrected chi connectivity index (χ1v) is 7.28. The zero-order valence-electron chi connectivity index (χ0n) is 11.6. The fraction of sp³-hybridized carbons (Fsp3) is 1.00. The topological polar surface area (TPSA) is 118 Å². The Morgan fingerprint density at radius 1 is 0.857 bits per heavy atom. The van der Waals surface area contributed by atoms with Gasteiger partial charge < -0.3 is 39.4 Å². The number of alkyl halides is 1. The SMILES string of the molecule is OC[C@H]1O[C@@H](OCCOCCOCCCl)[C@H](O)[C@@H](O)[C@H]1O. The van der Waals surface area contributed by atoms with Gasteiger partial charge in [0.15, 0.2) is 6.29 Å². The number of halogens is 1. The van der Waals surface area contributed by atoms with Gasteiger partial charge in [-0.3, -0.25) is 0 Å². The second kappa shape index (κ2) is 10.7. The van der Waals surface area contributed by atoms with Crippen molar-refractivity contribution in [2.75, 3.05) is 45.5 Å². The second-order valence-corrected chi connectivity index (χ2v) is 4.86. The summed E-state index contributed by atoms with van der Waals surface area (Å²) in [5.74, 6) is 0.431. The molecule has 0 aromatic heterocycles. The zero-order chi connectivity index (χ0) is 15.7. The number of rotatable bonds is 10. The van der Waals surface area contributed by atoms with E-state index in [1.807, 2.05) is 0 Å². The van der Waals surface area contributed by atoms with Crippen LogP contribution >= 0.6 is 11.6 Å². The molecule has 0 saturated carbocycles. The van der Waals surface area contributed by atoms with Gasteiger partial charge in [-0.05, 0) is 0 Å². The van der Waals surface area contributed by atoms with E-state index in [0.29, 0.717) is 25.7 Å². The zero-order valence-corrected chi connectivity index (χ0v) is 12.4. The number of ether oxygens (including phenoxy) is 4. The Morgan fingerprint density at radius 3 is 2.10 bits per heavy atom. The molecule has 1 rings (SSSR count). The second-order valence-electron chi connectivity index (χ2n) is 4.48. The summed E-state index contributed by atoms with van der Waals surface area (Å²) in [6, 6.07) is 0. The first-order chi connectivity index (χ1) is 10.1. The maximum absolute atomic E-state index is 9.71. The largest absolute Gasteiger partial charge is 0.394 e. The summed E-state index contributed by atoms with van der Waals surface area (Å²) >= 11 is 5.43. The van der Waals surface area contributed by atoms with Gasteiger partial charge in [0, 0.05) is 5.88 Å². The summed E-state index contributed by atoms with van der Waals surface area (Å²) in [4.78, 5) is 0. The normalized spacial score (nSPS) is 33.3. The van der Waals surface area contributed by atoms with Crippen molar-refractivity contribution in [2.24, 2.45) is 0 Å². The van der Waals surface area contributed by atoms with Crippen molar-refractivity contribution in [3.63, 3.8) is 0 Å². The molecule has 8 nitrogen and oxygen atoms in total. The average Bonchev–Trinajstić information content (AvgIpc) is 2.49. The molecule has 1 aliphatic heterocycles. The van der Waals surface area contributed by atoms with Gasteiger partial charge in [-0.15, -0.1) is 11.6 Å². The summed E-state index contributed by atoms with van der Waals surface area (Å²) in [7, 11) is 0. The molecule has 0 amide bonds. The highest BCUT2D eigenvalue weighted by Crippen LogP contribution is 2.21. The van der Waals surface area contributed by atoms with Crippen LogP contribution in [0.15, 0.2) is 0 Å². The van der Waals surface area contributed by atoms with Crippen LogP contribution in [0.25, 0.3) is 0 Å². The first-order valence-electron chi connectivity index (χ1n) is 6.75. The van der Waals surface area contributed by atoms with Crippen molar-refractivity contribution in [3.8, 4) is 0 Å². The summed E-state index contributed by atoms with van der Waals surface area (Å²) in [6.07, 6.45) is -6.32. The van der Waals surface area contributed by atoms with E-state index in [1.54, 1.807) is 0 Å². The van der Waals surface area contributed by atoms with Gasteiger partial charge in [0.25, 0.3) is 0 Å². The summed E-state index contributed by atoms with van der Waals surface area (Å²) in [5, 5.41) is 37.9. The number of aliphatic hydroxyl groups excluding tert-OH is 4. The molecule has 126 valence electrons. The number of hydrogen-bond donors (Lipinski definition) is 4. The molecule has 5 atom stereocenters. The molecule has 1 heterocycles. The lowest BCUT2D eigenvalue weighted by Gasteiger charge is -2.39. The van der Waals surface area contributed by atoms with Crippen LogP contribution in [0.5, 0.6) is 0 Å². The van der Waals surface area contributed by atoms with Crippen molar-refractivity contribution in [1.29, 1.82) is 0 Å². The molecule has 0 aliphatic carbocycles. The minimum absolute atomic E-state index is 0.123. The quantitative estimate of drug-likeness (QED) is 0.270. The number of hydrogen-bond acceptors (Lipinski definition) is 8. The molecule has 4 N–H and O–H groups in total. The lowest BCUT2D eigenvalue weighted by Crippen LogP contribution is -2.59. The molecule has 9 heteroatoms. The van der Waals surface area contributed by atoms with Crippen LogP contribution in [0, 0.1) is 0 Å². The smallest absolute Gasteiger partial charge is 0.186 e. The Labute approximate surface area is 128 Å². The van der Waals surface area contributed by atoms with Gasteiger partial charge >= 0.3 is 0 Å². The Balaban J connectivity index is 2.16. The molecule has 1 aliphatic rings. The third-order valence-electron chi connectivity index (χ3n) is 2.95. The summed E-state index contributed by atoms with van der Waals surface area (Å²) in [5.41, 5.74) is 0. The van der Waals surface area contributed by atoms with Gasteiger partial charge in [0.1, 0.15) is 24.4 Å². The molecule has 1 fully saturated rings. The van der Waals surface area contributed by atoms with Crippen LogP contribution in [0.4, 0.5) is 0 Å². The fourth-order valence-electron chi connectivity index (χ4n) is 1.80. The minimum Gasteiger partial charge on any atom is -0.394 e. The molecular weight excluding hydrogens is 308 g/mol. The van der Waals surface area contributed by atoms with Crippen LogP contribution < -0.4 is 0 Å². The summed E-state index contributed by atoms with van der Waals surface area (Å²) < 4.78 is 20.7. The van der Waals surface area contributed by atoms with E-state index in [2.05, 4.69) is 0 Å². The lowest BCUT2D eigenvalue weighted by molar-refractivity contribution is -0.302. The van der Waals surface area contributed by atoms with Gasteiger partial charge in [-0.2, -0.15) is 0 Å². The average molecular weight is 331 g/mol. The van der Waals surface area contributed by atoms with Gasteiger partial charge in [-0.25, -0.2) is 0 Å². The van der Waals surface area contributed by atoms with Crippen molar-refractivity contribution in [2.45, 2.75) is 30.7 Å². The van der Waals surface area contributed by atoms with Crippen LogP contribution in [0.1, 0.15) is 0 Å². The van der Waals surface area contributed by atoms with E-state index in [-0.39, 0.29) is 13.2 Å².